The van der Waals surface area contributed by atoms with Crippen LogP contribution in [0.4, 0.5) is 10.8 Å². The lowest BCUT2D eigenvalue weighted by atomic mass is 9.85. The molecule has 0 aliphatic carbocycles. The molecule has 3 aliphatic heterocycles. The number of amides is 2. The maximum absolute atomic E-state index is 14.1. The zero-order valence-electron chi connectivity index (χ0n) is 29.8. The van der Waals surface area contributed by atoms with Crippen molar-refractivity contribution < 1.29 is 14.3 Å². The van der Waals surface area contributed by atoms with Crippen LogP contribution in [0.5, 0.6) is 5.88 Å². The lowest BCUT2D eigenvalue weighted by Gasteiger charge is -2.29. The summed E-state index contributed by atoms with van der Waals surface area (Å²) in [4.78, 5) is 38.0. The van der Waals surface area contributed by atoms with Crippen LogP contribution < -0.4 is 15.0 Å². The minimum absolute atomic E-state index is 0.0447. The second-order valence-corrected chi connectivity index (χ2v) is 15.1. The van der Waals surface area contributed by atoms with Gasteiger partial charge in [0.2, 0.25) is 22.8 Å². The number of benzene rings is 2. The van der Waals surface area contributed by atoms with Gasteiger partial charge in [0, 0.05) is 67.2 Å². The van der Waals surface area contributed by atoms with Gasteiger partial charge in [-0.15, -0.1) is 10.2 Å². The number of hydrogen-bond donors (Lipinski definition) is 2. The number of aromatic amines is 1. The van der Waals surface area contributed by atoms with Gasteiger partial charge in [-0.1, -0.05) is 41.7 Å². The molecule has 0 saturated carbocycles. The number of anilines is 2. The molecule has 2 N–H and O–H groups in total. The lowest BCUT2D eigenvalue weighted by Crippen LogP contribution is -2.43. The van der Waals surface area contributed by atoms with Crippen molar-refractivity contribution in [3.05, 3.63) is 72.4 Å². The summed E-state index contributed by atoms with van der Waals surface area (Å²) in [7, 11) is 0. The van der Waals surface area contributed by atoms with E-state index in [1.54, 1.807) is 17.5 Å². The molecule has 13 heteroatoms. The minimum Gasteiger partial charge on any atom is -0.475 e. The highest BCUT2D eigenvalue weighted by Crippen LogP contribution is 2.43. The Kier molecular flexibility index (Phi) is 9.22. The Morgan fingerprint density at radius 3 is 2.58 bits per heavy atom. The fourth-order valence-corrected chi connectivity index (χ4v) is 8.42. The van der Waals surface area contributed by atoms with Gasteiger partial charge in [0.25, 0.3) is 0 Å². The van der Waals surface area contributed by atoms with Gasteiger partial charge in [-0.2, -0.15) is 5.10 Å². The summed E-state index contributed by atoms with van der Waals surface area (Å²) in [5.74, 6) is 0.836. The van der Waals surface area contributed by atoms with Crippen molar-refractivity contribution in [3.63, 3.8) is 0 Å². The molecule has 1 spiro atoms. The Morgan fingerprint density at radius 1 is 1.02 bits per heavy atom. The first kappa shape index (κ1) is 34.0. The summed E-state index contributed by atoms with van der Waals surface area (Å²) in [6.45, 7) is 10.4. The topological polar surface area (TPSA) is 132 Å². The van der Waals surface area contributed by atoms with E-state index in [2.05, 4.69) is 65.9 Å². The third kappa shape index (κ3) is 6.66. The van der Waals surface area contributed by atoms with Crippen molar-refractivity contribution in [2.24, 2.45) is 5.41 Å². The Hall–Kier alpha value is -5.14. The molecular weight excluding hydrogens is 675 g/mol. The largest absolute Gasteiger partial charge is 0.475 e. The molecule has 1 unspecified atom stereocenters. The van der Waals surface area contributed by atoms with Crippen LogP contribution in [0.25, 0.3) is 38.3 Å². The number of ether oxygens (including phenoxy) is 1. The summed E-state index contributed by atoms with van der Waals surface area (Å²) < 4.78 is 5.70. The van der Waals surface area contributed by atoms with Crippen molar-refractivity contribution in [2.75, 3.05) is 56.0 Å². The van der Waals surface area contributed by atoms with E-state index in [0.29, 0.717) is 38.6 Å². The maximum Gasteiger partial charge on any atom is 0.237 e. The molecule has 2 saturated heterocycles. The van der Waals surface area contributed by atoms with Gasteiger partial charge in [0.1, 0.15) is 10.7 Å². The van der Waals surface area contributed by atoms with Crippen LogP contribution in [-0.4, -0.2) is 98.9 Å². The molecule has 0 bridgehead atoms. The quantitative estimate of drug-likeness (QED) is 0.176. The SMILES string of the molecule is CCNc1nnc(-c2ccc(C3=CCN(C(=O)CN4CCC5(CCN(c6ccc7[nH]nc(-c8ccc(OC(C)C)nc8)c7c6)C5=O)C4)CC3)cc2)s1. The Balaban J connectivity index is 0.876. The number of carbonyl (C=O) groups excluding carboxylic acids is 2. The van der Waals surface area contributed by atoms with Crippen LogP contribution in [0.2, 0.25) is 0 Å². The van der Waals surface area contributed by atoms with Crippen LogP contribution in [0.15, 0.2) is 66.9 Å². The van der Waals surface area contributed by atoms with E-state index in [0.717, 1.165) is 75.9 Å². The number of nitrogens with one attached hydrogen (secondary N) is 2. The van der Waals surface area contributed by atoms with Crippen molar-refractivity contribution in [2.45, 2.75) is 46.1 Å². The lowest BCUT2D eigenvalue weighted by molar-refractivity contribution is -0.132. The Labute approximate surface area is 306 Å². The number of fused-ring (bicyclic) bond motifs is 1. The minimum atomic E-state index is -0.464. The van der Waals surface area contributed by atoms with E-state index < -0.39 is 5.41 Å². The zero-order valence-corrected chi connectivity index (χ0v) is 30.6. The first-order chi connectivity index (χ1) is 25.3. The average Bonchev–Trinajstić information content (AvgIpc) is 3.96. The van der Waals surface area contributed by atoms with E-state index in [4.69, 9.17) is 4.74 Å². The predicted octanol–water partition coefficient (Wildman–Crippen LogP) is 6.11. The van der Waals surface area contributed by atoms with E-state index >= 15 is 0 Å². The van der Waals surface area contributed by atoms with Crippen molar-refractivity contribution in [1.82, 2.24) is 35.2 Å². The monoisotopic (exact) mass is 717 g/mol. The summed E-state index contributed by atoms with van der Waals surface area (Å²) in [6.07, 6.45) is 6.33. The highest BCUT2D eigenvalue weighted by molar-refractivity contribution is 7.18. The third-order valence-corrected chi connectivity index (χ3v) is 11.3. The number of carbonyl (C=O) groups is 2. The van der Waals surface area contributed by atoms with E-state index in [9.17, 15) is 9.59 Å². The third-order valence-electron chi connectivity index (χ3n) is 10.3. The van der Waals surface area contributed by atoms with Gasteiger partial charge >= 0.3 is 0 Å². The smallest absolute Gasteiger partial charge is 0.237 e. The molecule has 8 rings (SSSR count). The molecule has 1 atom stereocenters. The summed E-state index contributed by atoms with van der Waals surface area (Å²) >= 11 is 1.55. The van der Waals surface area contributed by atoms with Gasteiger partial charge < -0.3 is 19.9 Å². The van der Waals surface area contributed by atoms with Crippen molar-refractivity contribution in [3.8, 4) is 27.7 Å². The second kappa shape index (κ2) is 14.1. The predicted molar refractivity (Wildman–Crippen MR) is 204 cm³/mol. The molecule has 3 aromatic heterocycles. The molecule has 12 nitrogen and oxygen atoms in total. The van der Waals surface area contributed by atoms with Crippen molar-refractivity contribution in [1.29, 1.82) is 0 Å². The molecule has 3 aliphatic rings. The highest BCUT2D eigenvalue weighted by atomic mass is 32.1. The molecule has 268 valence electrons. The molecule has 2 fully saturated rings. The van der Waals surface area contributed by atoms with E-state index in [1.807, 2.05) is 60.9 Å². The van der Waals surface area contributed by atoms with Crippen molar-refractivity contribution >= 4 is 50.4 Å². The average molecular weight is 718 g/mol. The summed E-state index contributed by atoms with van der Waals surface area (Å²) in [5.41, 5.74) is 6.43. The van der Waals surface area contributed by atoms with Gasteiger partial charge in [0.15, 0.2) is 0 Å². The number of aromatic nitrogens is 5. The Morgan fingerprint density at radius 2 is 1.83 bits per heavy atom. The van der Waals surface area contributed by atoms with Gasteiger partial charge in [-0.25, -0.2) is 4.98 Å². The van der Waals surface area contributed by atoms with Gasteiger partial charge in [0.05, 0.1) is 23.6 Å². The zero-order chi connectivity index (χ0) is 35.8. The molecule has 52 heavy (non-hydrogen) atoms. The van der Waals surface area contributed by atoms with Crippen LogP contribution in [0.1, 0.15) is 45.6 Å². The van der Waals surface area contributed by atoms with Crippen LogP contribution >= 0.6 is 11.3 Å². The fourth-order valence-electron chi connectivity index (χ4n) is 7.60. The fraction of sp³-hybridized carbons (Fsp3) is 0.385. The van der Waals surface area contributed by atoms with Gasteiger partial charge in [-0.3, -0.25) is 19.6 Å². The number of likely N-dealkylation sites (tertiary alicyclic amines) is 1. The number of rotatable bonds is 10. The highest BCUT2D eigenvalue weighted by Gasteiger charge is 2.51. The van der Waals surface area contributed by atoms with E-state index in [-0.39, 0.29) is 17.9 Å². The summed E-state index contributed by atoms with van der Waals surface area (Å²) in [5, 5.41) is 22.1. The number of pyridine rings is 1. The second-order valence-electron chi connectivity index (χ2n) is 14.1. The molecule has 5 aromatic rings. The number of H-pyrrole nitrogens is 1. The summed E-state index contributed by atoms with van der Waals surface area (Å²) in [6, 6.07) is 18.3. The standard InChI is InChI=1S/C39H43N9O3S/c1-4-40-38-45-44-36(52-38)28-7-5-26(6-8-28)27-13-17-47(18-14-27)34(49)23-46-19-15-39(24-46)16-20-48(37(39)50)30-10-11-32-31(21-30)35(43-42-32)29-9-12-33(41-22-29)51-25(2)3/h5-13,21-22,25H,4,14-20,23-24H2,1-3H3,(H,40,45)(H,42,43). The first-order valence-corrected chi connectivity index (χ1v) is 18.9. The van der Waals surface area contributed by atoms with Crippen LogP contribution in [0, 0.1) is 5.41 Å². The number of nitrogens with zero attached hydrogens (tertiary/aromatic N) is 7. The maximum atomic E-state index is 14.1. The molecule has 2 aromatic carbocycles. The molecular formula is C39H43N9O3S. The molecule has 6 heterocycles. The number of hydrogen-bond acceptors (Lipinski definition) is 10. The van der Waals surface area contributed by atoms with Crippen LogP contribution in [0.3, 0.4) is 0 Å². The normalized spacial score (nSPS) is 19.3. The first-order valence-electron chi connectivity index (χ1n) is 18.1. The van der Waals surface area contributed by atoms with E-state index in [1.165, 1.54) is 11.1 Å². The molecule has 2 amide bonds. The van der Waals surface area contributed by atoms with Gasteiger partial charge in [-0.05, 0) is 82.0 Å². The molecule has 0 radical (unpaired) electrons. The van der Waals surface area contributed by atoms with Crippen LogP contribution in [-0.2, 0) is 9.59 Å². The Bertz CT molecular complexity index is 2120.